The van der Waals surface area contributed by atoms with Crippen LogP contribution in [0.15, 0.2) is 48.6 Å². The summed E-state index contributed by atoms with van der Waals surface area (Å²) in [6.45, 7) is 4.91. The van der Waals surface area contributed by atoms with Gasteiger partial charge >= 0.3 is 39.5 Å². The van der Waals surface area contributed by atoms with Crippen molar-refractivity contribution in [1.82, 2.24) is 0 Å². The van der Waals surface area contributed by atoms with Gasteiger partial charge in [-0.3, -0.25) is 37.3 Å². The van der Waals surface area contributed by atoms with E-state index < -0.39 is 97.5 Å². The number of ether oxygens (including phenoxy) is 4. The number of hydrogen-bond acceptors (Lipinski definition) is 15. The zero-order valence-electron chi connectivity index (χ0n) is 67.0. The van der Waals surface area contributed by atoms with E-state index in [1.54, 1.807) is 0 Å². The van der Waals surface area contributed by atoms with Gasteiger partial charge in [-0.25, -0.2) is 9.13 Å². The summed E-state index contributed by atoms with van der Waals surface area (Å²) >= 11 is 0. The summed E-state index contributed by atoms with van der Waals surface area (Å²) in [6, 6.07) is 0. The van der Waals surface area contributed by atoms with Crippen LogP contribution in [0.4, 0.5) is 0 Å². The summed E-state index contributed by atoms with van der Waals surface area (Å²) in [6.07, 6.45) is 77.9. The molecule has 0 aliphatic rings. The van der Waals surface area contributed by atoms with E-state index in [1.807, 2.05) is 12.2 Å². The molecule has 0 radical (unpaired) electrons. The Balaban J connectivity index is 5.35. The van der Waals surface area contributed by atoms with Crippen molar-refractivity contribution in [3.8, 4) is 0 Å². The third kappa shape index (κ3) is 77.2. The fourth-order valence-corrected chi connectivity index (χ4v) is 13.9. The third-order valence-electron chi connectivity index (χ3n) is 18.8. The fourth-order valence-electron chi connectivity index (χ4n) is 12.3. The molecular weight excluding hydrogens is 1350 g/mol. The summed E-state index contributed by atoms with van der Waals surface area (Å²) in [5.41, 5.74) is 0. The van der Waals surface area contributed by atoms with Gasteiger partial charge in [0.2, 0.25) is 0 Å². The van der Waals surface area contributed by atoms with Crippen LogP contribution in [-0.2, 0) is 65.4 Å². The molecule has 5 atom stereocenters. The van der Waals surface area contributed by atoms with Crippen molar-refractivity contribution >= 4 is 39.5 Å². The second kappa shape index (κ2) is 78.2. The molecule has 0 saturated heterocycles. The standard InChI is InChI=1S/C85H158O17P2/c1-5-9-13-17-21-25-29-33-37-39-43-46-50-54-58-62-66-70-83(88)96-76-81(102-85(90)72-68-64-60-56-52-48-44-40-38-34-30-26-22-18-14-10-6-2)78-100-104(93,94)98-74-79(86)73-97-103(91,92)99-77-80(101-84(89)71-67-63-59-55-51-47-42-36-32-28-24-20-16-12-8-4)75-95-82(87)69-65-61-57-53-49-45-41-35-31-27-23-19-15-11-7-3/h22,26,34,38,44,48,56,60,79-81,86H,5-21,23-25,27-33,35-37,39-43,45-47,49-55,57-59,61-78H2,1-4H3,(H,91,92)(H,93,94)/b26-22-,38-34-,48-44-,60-56-/t79-,80+,81+/m0/s1. The van der Waals surface area contributed by atoms with Crippen molar-refractivity contribution in [2.75, 3.05) is 39.6 Å². The fraction of sp³-hybridized carbons (Fsp3) is 0.859. The first kappa shape index (κ1) is 101. The van der Waals surface area contributed by atoms with E-state index >= 15 is 0 Å². The molecule has 0 saturated carbocycles. The molecule has 610 valence electrons. The van der Waals surface area contributed by atoms with Crippen molar-refractivity contribution in [2.24, 2.45) is 0 Å². The maximum absolute atomic E-state index is 13.1. The lowest BCUT2D eigenvalue weighted by Crippen LogP contribution is -2.30. The topological polar surface area (TPSA) is 237 Å². The molecule has 0 aliphatic heterocycles. The van der Waals surface area contributed by atoms with E-state index in [-0.39, 0.29) is 25.7 Å². The Hall–Kier alpha value is -2.98. The second-order valence-corrected chi connectivity index (χ2v) is 32.1. The Morgan fingerprint density at radius 1 is 0.269 bits per heavy atom. The lowest BCUT2D eigenvalue weighted by molar-refractivity contribution is -0.161. The maximum Gasteiger partial charge on any atom is 0.472 e. The molecule has 3 N–H and O–H groups in total. The van der Waals surface area contributed by atoms with Crippen molar-refractivity contribution in [1.29, 1.82) is 0 Å². The number of aliphatic hydroxyl groups excluding tert-OH is 1. The Kier molecular flexibility index (Phi) is 75.9. The quantitative estimate of drug-likeness (QED) is 0.0169. The molecule has 0 aromatic carbocycles. The van der Waals surface area contributed by atoms with Crippen LogP contribution in [0.2, 0.25) is 0 Å². The van der Waals surface area contributed by atoms with Crippen LogP contribution in [0.3, 0.4) is 0 Å². The van der Waals surface area contributed by atoms with E-state index in [4.69, 9.17) is 37.0 Å². The Morgan fingerprint density at radius 2 is 0.481 bits per heavy atom. The number of carbonyl (C=O) groups is 4. The number of hydrogen-bond donors (Lipinski definition) is 3. The zero-order valence-corrected chi connectivity index (χ0v) is 68.8. The van der Waals surface area contributed by atoms with Crippen LogP contribution < -0.4 is 0 Å². The minimum absolute atomic E-state index is 0.0259. The zero-order chi connectivity index (χ0) is 76.0. The number of unbranched alkanes of at least 4 members (excludes halogenated alkanes) is 48. The average Bonchev–Trinajstić information content (AvgIpc) is 1.04. The summed E-state index contributed by atoms with van der Waals surface area (Å²) < 4.78 is 68.8. The predicted molar refractivity (Wildman–Crippen MR) is 427 cm³/mol. The number of phosphoric ester groups is 2. The highest BCUT2D eigenvalue weighted by molar-refractivity contribution is 7.47. The predicted octanol–water partition coefficient (Wildman–Crippen LogP) is 25.2. The molecule has 104 heavy (non-hydrogen) atoms. The van der Waals surface area contributed by atoms with Crippen LogP contribution in [0, 0.1) is 0 Å². The van der Waals surface area contributed by atoms with Crippen LogP contribution in [0.1, 0.15) is 413 Å². The van der Waals surface area contributed by atoms with E-state index in [9.17, 15) is 43.2 Å². The van der Waals surface area contributed by atoms with E-state index in [1.165, 1.54) is 238 Å². The molecule has 0 bridgehead atoms. The van der Waals surface area contributed by atoms with Gasteiger partial charge in [-0.05, 0) is 64.2 Å². The monoisotopic (exact) mass is 1510 g/mol. The summed E-state index contributed by atoms with van der Waals surface area (Å²) in [7, 11) is -9.96. The van der Waals surface area contributed by atoms with Crippen molar-refractivity contribution < 1.29 is 80.2 Å². The number of allylic oxidation sites excluding steroid dienone is 8. The first-order chi connectivity index (χ1) is 50.7. The summed E-state index contributed by atoms with van der Waals surface area (Å²) in [4.78, 5) is 73.2. The Labute approximate surface area is 636 Å². The average molecular weight is 1510 g/mol. The van der Waals surface area contributed by atoms with Crippen LogP contribution >= 0.6 is 15.6 Å². The van der Waals surface area contributed by atoms with E-state index in [0.717, 1.165) is 89.9 Å². The van der Waals surface area contributed by atoms with Gasteiger partial charge in [0, 0.05) is 25.7 Å². The van der Waals surface area contributed by atoms with Gasteiger partial charge in [-0.15, -0.1) is 0 Å². The third-order valence-corrected chi connectivity index (χ3v) is 20.7. The molecule has 0 spiro atoms. The largest absolute Gasteiger partial charge is 0.472 e. The van der Waals surface area contributed by atoms with Crippen LogP contribution in [0.5, 0.6) is 0 Å². The molecular formula is C85H158O17P2. The summed E-state index contributed by atoms with van der Waals surface area (Å²) in [5.74, 6) is -2.19. The SMILES string of the molecule is CCCCC/C=C\C/C=C\C/C=C\C/C=C\CCCC(=O)O[C@H](COC(=O)CCCCCCCCCCCCCCCCCCC)COP(=O)(O)OC[C@@H](O)COP(=O)(O)OC[C@@H](COC(=O)CCCCCCCCCCCCCCCCC)OC(=O)CCCCCCCCCCCCCCCCC. The molecule has 0 fully saturated rings. The first-order valence-electron chi connectivity index (χ1n) is 42.9. The van der Waals surface area contributed by atoms with Gasteiger partial charge < -0.3 is 33.8 Å². The molecule has 19 heteroatoms. The normalized spacial score (nSPS) is 14.0. The molecule has 0 amide bonds. The van der Waals surface area contributed by atoms with Gasteiger partial charge in [-0.1, -0.05) is 372 Å². The molecule has 0 aromatic heterocycles. The number of esters is 4. The van der Waals surface area contributed by atoms with Gasteiger partial charge in [0.25, 0.3) is 0 Å². The molecule has 0 heterocycles. The van der Waals surface area contributed by atoms with Gasteiger partial charge in [0.05, 0.1) is 26.4 Å². The highest BCUT2D eigenvalue weighted by Gasteiger charge is 2.30. The molecule has 17 nitrogen and oxygen atoms in total. The Morgan fingerprint density at radius 3 is 0.760 bits per heavy atom. The smallest absolute Gasteiger partial charge is 0.462 e. The van der Waals surface area contributed by atoms with Crippen molar-refractivity contribution in [3.05, 3.63) is 48.6 Å². The summed E-state index contributed by atoms with van der Waals surface area (Å²) in [5, 5.41) is 10.7. The molecule has 0 rings (SSSR count). The van der Waals surface area contributed by atoms with E-state index in [2.05, 4.69) is 64.2 Å². The highest BCUT2D eigenvalue weighted by Crippen LogP contribution is 2.45. The van der Waals surface area contributed by atoms with Crippen LogP contribution in [0.25, 0.3) is 0 Å². The lowest BCUT2D eigenvalue weighted by Gasteiger charge is -2.21. The number of phosphoric acid groups is 2. The number of aliphatic hydroxyl groups is 1. The van der Waals surface area contributed by atoms with E-state index in [0.29, 0.717) is 32.1 Å². The minimum Gasteiger partial charge on any atom is -0.462 e. The van der Waals surface area contributed by atoms with Crippen molar-refractivity contribution in [3.63, 3.8) is 0 Å². The van der Waals surface area contributed by atoms with Gasteiger partial charge in [0.1, 0.15) is 19.3 Å². The lowest BCUT2D eigenvalue weighted by atomic mass is 10.0. The number of carbonyl (C=O) groups excluding carboxylic acids is 4. The second-order valence-electron chi connectivity index (χ2n) is 29.2. The molecule has 2 unspecified atom stereocenters. The maximum atomic E-state index is 13.1. The van der Waals surface area contributed by atoms with Crippen molar-refractivity contribution in [2.45, 2.75) is 431 Å². The highest BCUT2D eigenvalue weighted by atomic mass is 31.2. The first-order valence-corrected chi connectivity index (χ1v) is 45.9. The number of rotatable bonds is 82. The molecule has 0 aromatic rings. The van der Waals surface area contributed by atoms with Gasteiger partial charge in [-0.2, -0.15) is 0 Å². The van der Waals surface area contributed by atoms with Crippen LogP contribution in [-0.4, -0.2) is 96.7 Å². The van der Waals surface area contributed by atoms with Gasteiger partial charge in [0.15, 0.2) is 12.2 Å². The minimum atomic E-state index is -4.98. The Bertz CT molecular complexity index is 2150. The molecule has 0 aliphatic carbocycles.